The summed E-state index contributed by atoms with van der Waals surface area (Å²) in [7, 11) is 0. The van der Waals surface area contributed by atoms with Gasteiger partial charge in [-0.2, -0.15) is 0 Å². The number of anilines is 2. The molecule has 1 fully saturated rings. The van der Waals surface area contributed by atoms with E-state index < -0.39 is 17.2 Å². The molecule has 0 radical (unpaired) electrons. The molecule has 0 amide bonds. The molecule has 1 aromatic heterocycles. The third-order valence-electron chi connectivity index (χ3n) is 3.20. The summed E-state index contributed by atoms with van der Waals surface area (Å²) < 4.78 is 32.1. The van der Waals surface area contributed by atoms with E-state index in [4.69, 9.17) is 10.6 Å². The van der Waals surface area contributed by atoms with Gasteiger partial charge in [-0.25, -0.2) is 19.6 Å². The maximum Gasteiger partial charge on any atom is 0.178 e. The zero-order valence-corrected chi connectivity index (χ0v) is 10.2. The van der Waals surface area contributed by atoms with E-state index in [9.17, 15) is 13.9 Å². The van der Waals surface area contributed by atoms with Crippen molar-refractivity contribution in [2.75, 3.05) is 30.6 Å². The highest BCUT2D eigenvalue weighted by Gasteiger charge is 2.33. The predicted molar refractivity (Wildman–Crippen MR) is 65.5 cm³/mol. The van der Waals surface area contributed by atoms with Gasteiger partial charge in [-0.3, -0.25) is 0 Å². The molecular weight excluding hydrogens is 258 g/mol. The Hall–Kier alpha value is -1.51. The van der Waals surface area contributed by atoms with Crippen LogP contribution in [0.5, 0.6) is 0 Å². The number of halogens is 2. The summed E-state index contributed by atoms with van der Waals surface area (Å²) in [6.45, 7) is 0.719. The number of aliphatic hydroxyl groups is 1. The van der Waals surface area contributed by atoms with Crippen molar-refractivity contribution in [3.8, 4) is 0 Å². The average Bonchev–Trinajstić information content (AvgIpc) is 2.43. The monoisotopic (exact) mass is 274 g/mol. The third kappa shape index (κ3) is 2.91. The highest BCUT2D eigenvalue weighted by Crippen LogP contribution is 2.27. The van der Waals surface area contributed by atoms with Gasteiger partial charge in [0, 0.05) is 19.3 Å². The molecule has 106 valence electrons. The number of aliphatic hydroxyl groups excluding tert-OH is 1. The van der Waals surface area contributed by atoms with E-state index in [1.54, 1.807) is 0 Å². The molecule has 1 aliphatic heterocycles. The molecule has 2 heterocycles. The third-order valence-corrected chi connectivity index (χ3v) is 3.20. The summed E-state index contributed by atoms with van der Waals surface area (Å²) in [6, 6.07) is 0.689. The quantitative estimate of drug-likeness (QED) is 0.474. The highest BCUT2D eigenvalue weighted by molar-refractivity contribution is 5.48. The molecule has 0 spiro atoms. The summed E-state index contributed by atoms with van der Waals surface area (Å²) in [5, 5.41) is 12.3. The van der Waals surface area contributed by atoms with Crippen molar-refractivity contribution in [3.63, 3.8) is 0 Å². The highest BCUT2D eigenvalue weighted by atomic mass is 19.1. The van der Waals surface area contributed by atoms with Crippen molar-refractivity contribution in [2.24, 2.45) is 5.84 Å². The van der Waals surface area contributed by atoms with Gasteiger partial charge in [0.05, 0.1) is 12.1 Å². The van der Waals surface area contributed by atoms with Crippen molar-refractivity contribution in [1.29, 1.82) is 0 Å². The van der Waals surface area contributed by atoms with Crippen molar-refractivity contribution < 1.29 is 18.6 Å². The van der Waals surface area contributed by atoms with Crippen LogP contribution in [0.15, 0.2) is 6.07 Å². The normalized spacial score (nSPS) is 18.1. The topological polar surface area (TPSA) is 92.4 Å². The SMILES string of the molecule is NNc1nc(NC2(CO)CCOCC2)c(F)cc1F. The van der Waals surface area contributed by atoms with Gasteiger partial charge >= 0.3 is 0 Å². The van der Waals surface area contributed by atoms with Crippen molar-refractivity contribution in [2.45, 2.75) is 18.4 Å². The van der Waals surface area contributed by atoms with Crippen LogP contribution in [-0.4, -0.2) is 35.5 Å². The molecule has 8 heteroatoms. The maximum absolute atomic E-state index is 13.7. The lowest BCUT2D eigenvalue weighted by atomic mass is 9.91. The van der Waals surface area contributed by atoms with E-state index in [0.29, 0.717) is 32.1 Å². The van der Waals surface area contributed by atoms with Crippen LogP contribution in [0.25, 0.3) is 0 Å². The Balaban J connectivity index is 2.26. The first-order valence-corrected chi connectivity index (χ1v) is 5.90. The molecule has 1 aromatic rings. The number of nitrogens with one attached hydrogen (secondary N) is 2. The number of nitrogens with zero attached hydrogens (tertiary/aromatic N) is 1. The van der Waals surface area contributed by atoms with E-state index in [2.05, 4.69) is 15.7 Å². The summed E-state index contributed by atoms with van der Waals surface area (Å²) in [6.07, 6.45) is 1.01. The number of hydrogen-bond donors (Lipinski definition) is 4. The van der Waals surface area contributed by atoms with Gasteiger partial charge in [-0.1, -0.05) is 0 Å². The molecule has 0 unspecified atom stereocenters. The lowest BCUT2D eigenvalue weighted by molar-refractivity contribution is 0.0377. The summed E-state index contributed by atoms with van der Waals surface area (Å²) >= 11 is 0. The number of nitrogen functional groups attached to an aromatic ring is 1. The van der Waals surface area contributed by atoms with Gasteiger partial charge in [0.2, 0.25) is 0 Å². The van der Waals surface area contributed by atoms with E-state index in [0.717, 1.165) is 0 Å². The Kier molecular flexibility index (Phi) is 4.13. The molecule has 0 atom stereocenters. The number of pyridine rings is 1. The molecule has 0 saturated carbocycles. The predicted octanol–water partition coefficient (Wildman–Crippen LogP) is 0.599. The van der Waals surface area contributed by atoms with Crippen LogP contribution in [0, 0.1) is 11.6 Å². The second kappa shape index (κ2) is 5.64. The van der Waals surface area contributed by atoms with Crippen LogP contribution in [-0.2, 0) is 4.74 Å². The fraction of sp³-hybridized carbons (Fsp3) is 0.545. The molecule has 1 saturated heterocycles. The Morgan fingerprint density at radius 1 is 1.32 bits per heavy atom. The molecule has 6 nitrogen and oxygen atoms in total. The number of hydrazine groups is 1. The minimum atomic E-state index is -0.879. The first-order chi connectivity index (χ1) is 9.10. The minimum Gasteiger partial charge on any atom is -0.394 e. The Bertz CT molecular complexity index is 453. The fourth-order valence-electron chi connectivity index (χ4n) is 1.99. The van der Waals surface area contributed by atoms with Gasteiger partial charge in [-0.05, 0) is 12.8 Å². The van der Waals surface area contributed by atoms with Crippen LogP contribution in [0.4, 0.5) is 20.4 Å². The van der Waals surface area contributed by atoms with Crippen LogP contribution in [0.3, 0.4) is 0 Å². The maximum atomic E-state index is 13.7. The lowest BCUT2D eigenvalue weighted by Crippen LogP contribution is -2.47. The Morgan fingerprint density at radius 3 is 2.53 bits per heavy atom. The summed E-state index contributed by atoms with van der Waals surface area (Å²) in [5.74, 6) is 2.97. The van der Waals surface area contributed by atoms with Gasteiger partial charge in [0.1, 0.15) is 0 Å². The van der Waals surface area contributed by atoms with Gasteiger partial charge in [0.15, 0.2) is 23.3 Å². The van der Waals surface area contributed by atoms with Crippen LogP contribution in [0.1, 0.15) is 12.8 Å². The fourth-order valence-corrected chi connectivity index (χ4v) is 1.99. The average molecular weight is 274 g/mol. The van der Waals surface area contributed by atoms with E-state index >= 15 is 0 Å². The van der Waals surface area contributed by atoms with E-state index in [-0.39, 0.29) is 18.2 Å². The van der Waals surface area contributed by atoms with Crippen molar-refractivity contribution in [3.05, 3.63) is 17.7 Å². The van der Waals surface area contributed by atoms with Crippen LogP contribution in [0.2, 0.25) is 0 Å². The number of hydrogen-bond acceptors (Lipinski definition) is 6. The molecule has 1 aliphatic rings. The second-order valence-electron chi connectivity index (χ2n) is 4.47. The number of ether oxygens (including phenoxy) is 1. The molecule has 2 rings (SSSR count). The Labute approximate surface area is 108 Å². The largest absolute Gasteiger partial charge is 0.394 e. The molecule has 0 aromatic carbocycles. The van der Waals surface area contributed by atoms with Crippen molar-refractivity contribution in [1.82, 2.24) is 4.98 Å². The van der Waals surface area contributed by atoms with Crippen LogP contribution >= 0.6 is 0 Å². The van der Waals surface area contributed by atoms with Gasteiger partial charge in [0.25, 0.3) is 0 Å². The molecule has 0 bridgehead atoms. The molecule has 5 N–H and O–H groups in total. The first-order valence-electron chi connectivity index (χ1n) is 5.90. The number of nitrogens with two attached hydrogens (primary N) is 1. The zero-order chi connectivity index (χ0) is 13.9. The number of aromatic nitrogens is 1. The van der Waals surface area contributed by atoms with Gasteiger partial charge < -0.3 is 20.6 Å². The lowest BCUT2D eigenvalue weighted by Gasteiger charge is -2.36. The smallest absolute Gasteiger partial charge is 0.178 e. The molecular formula is C11H16F2N4O2. The summed E-state index contributed by atoms with van der Waals surface area (Å²) in [4.78, 5) is 3.73. The van der Waals surface area contributed by atoms with E-state index in [1.807, 2.05) is 0 Å². The Morgan fingerprint density at radius 2 is 1.95 bits per heavy atom. The van der Waals surface area contributed by atoms with Crippen molar-refractivity contribution >= 4 is 11.6 Å². The summed E-state index contributed by atoms with van der Waals surface area (Å²) in [5.41, 5.74) is 1.34. The van der Waals surface area contributed by atoms with Gasteiger partial charge in [-0.15, -0.1) is 0 Å². The minimum absolute atomic E-state index is 0.148. The first kappa shape index (κ1) is 13.9. The van der Waals surface area contributed by atoms with Crippen LogP contribution < -0.4 is 16.6 Å². The molecule has 19 heavy (non-hydrogen) atoms. The van der Waals surface area contributed by atoms with E-state index in [1.165, 1.54) is 0 Å². The zero-order valence-electron chi connectivity index (χ0n) is 10.2. The second-order valence-corrected chi connectivity index (χ2v) is 4.47. The number of rotatable bonds is 4. The standard InChI is InChI=1S/C11H16F2N4O2/c12-7-5-8(13)10(17-14)15-9(7)16-11(6-18)1-3-19-4-2-11/h5,18H,1-4,6,14H2,(H2,15,16,17). The molecule has 0 aliphatic carbocycles.